The number of fused-ring (bicyclic) bond motifs is 2. The van der Waals surface area contributed by atoms with E-state index in [0.717, 1.165) is 31.4 Å². The van der Waals surface area contributed by atoms with Crippen molar-refractivity contribution in [3.8, 4) is 0 Å². The van der Waals surface area contributed by atoms with Gasteiger partial charge in [-0.05, 0) is 24.8 Å². The molecular formula is C13H18O3. The number of rotatable bonds is 0. The molecule has 2 unspecified atom stereocenters. The summed E-state index contributed by atoms with van der Waals surface area (Å²) in [5.41, 5.74) is 2.18. The van der Waals surface area contributed by atoms with Gasteiger partial charge in [-0.1, -0.05) is 19.3 Å². The zero-order valence-corrected chi connectivity index (χ0v) is 9.54. The Balaban J connectivity index is 1.93. The minimum absolute atomic E-state index is 0.0719. The van der Waals surface area contributed by atoms with Crippen LogP contribution in [-0.2, 0) is 14.3 Å². The molecule has 0 bridgehead atoms. The van der Waals surface area contributed by atoms with E-state index in [9.17, 15) is 4.79 Å². The molecule has 0 spiro atoms. The van der Waals surface area contributed by atoms with Crippen LogP contribution in [0.5, 0.6) is 0 Å². The molecule has 2 aliphatic heterocycles. The highest BCUT2D eigenvalue weighted by Crippen LogP contribution is 2.38. The Morgan fingerprint density at radius 2 is 2.00 bits per heavy atom. The number of carbonyl (C=O) groups is 1. The largest absolute Gasteiger partial charge is 0.458 e. The molecule has 16 heavy (non-hydrogen) atoms. The van der Waals surface area contributed by atoms with Crippen LogP contribution in [0.2, 0.25) is 0 Å². The fourth-order valence-electron chi connectivity index (χ4n) is 3.21. The molecule has 2 atom stereocenters. The molecule has 0 aromatic carbocycles. The molecule has 3 rings (SSSR count). The van der Waals surface area contributed by atoms with Gasteiger partial charge in [0, 0.05) is 11.5 Å². The molecule has 0 saturated heterocycles. The fraction of sp³-hybridized carbons (Fsp3) is 0.769. The van der Waals surface area contributed by atoms with Crippen LogP contribution in [0.25, 0.3) is 0 Å². The highest BCUT2D eigenvalue weighted by atomic mass is 16.5. The van der Waals surface area contributed by atoms with Crippen LogP contribution in [0, 0.1) is 5.92 Å². The lowest BCUT2D eigenvalue weighted by molar-refractivity contribution is -0.137. The number of cyclic esters (lactones) is 1. The molecule has 3 heteroatoms. The molecule has 3 nitrogen and oxygen atoms in total. The Bertz CT molecular complexity index is 332. The molecule has 0 N–H and O–H groups in total. The highest BCUT2D eigenvalue weighted by Gasteiger charge is 2.38. The topological polar surface area (TPSA) is 35.5 Å². The van der Waals surface area contributed by atoms with Crippen LogP contribution in [0.4, 0.5) is 0 Å². The highest BCUT2D eigenvalue weighted by molar-refractivity contribution is 5.92. The monoisotopic (exact) mass is 222 g/mol. The van der Waals surface area contributed by atoms with Crippen molar-refractivity contribution >= 4 is 5.97 Å². The minimum atomic E-state index is -0.0719. The number of hydrogen-bond donors (Lipinski definition) is 0. The van der Waals surface area contributed by atoms with Gasteiger partial charge in [0.1, 0.15) is 6.61 Å². The summed E-state index contributed by atoms with van der Waals surface area (Å²) in [6.45, 7) is 1.28. The average Bonchev–Trinajstić information content (AvgIpc) is 2.49. The average molecular weight is 222 g/mol. The predicted octanol–water partition coefficient (Wildman–Crippen LogP) is 2.21. The van der Waals surface area contributed by atoms with E-state index < -0.39 is 0 Å². The molecule has 0 radical (unpaired) electrons. The Morgan fingerprint density at radius 1 is 1.12 bits per heavy atom. The first kappa shape index (κ1) is 10.3. The van der Waals surface area contributed by atoms with E-state index in [4.69, 9.17) is 9.47 Å². The molecule has 88 valence electrons. The summed E-state index contributed by atoms with van der Waals surface area (Å²) in [6.07, 6.45) is 7.07. The van der Waals surface area contributed by atoms with Gasteiger partial charge in [-0.15, -0.1) is 0 Å². The smallest absolute Gasteiger partial charge is 0.334 e. The molecule has 3 aliphatic rings. The maximum atomic E-state index is 11.8. The summed E-state index contributed by atoms with van der Waals surface area (Å²) in [5, 5.41) is 0. The number of carbonyl (C=O) groups excluding carboxylic acids is 1. The van der Waals surface area contributed by atoms with Gasteiger partial charge >= 0.3 is 5.97 Å². The standard InChI is InChI=1S/C13H18O3/c14-13-12-9(8-16-13)6-7-15-11-5-3-1-2-4-10(11)12/h10-11H,1-8H2. The first-order valence-corrected chi connectivity index (χ1v) is 6.37. The molecule has 1 saturated carbocycles. The lowest BCUT2D eigenvalue weighted by Gasteiger charge is -2.23. The molecule has 0 aromatic heterocycles. The van der Waals surface area contributed by atoms with Gasteiger partial charge in [-0.2, -0.15) is 0 Å². The third kappa shape index (κ3) is 1.67. The normalized spacial score (nSPS) is 34.9. The zero-order chi connectivity index (χ0) is 11.0. The van der Waals surface area contributed by atoms with E-state index in [2.05, 4.69) is 0 Å². The lowest BCUT2D eigenvalue weighted by atomic mass is 9.87. The van der Waals surface area contributed by atoms with Crippen molar-refractivity contribution < 1.29 is 14.3 Å². The Hall–Kier alpha value is -0.830. The third-order valence-corrected chi connectivity index (χ3v) is 4.04. The maximum Gasteiger partial charge on any atom is 0.334 e. The van der Waals surface area contributed by atoms with Gasteiger partial charge in [0.2, 0.25) is 0 Å². The van der Waals surface area contributed by atoms with E-state index in [0.29, 0.717) is 12.5 Å². The molecule has 1 fully saturated rings. The number of ether oxygens (including phenoxy) is 2. The van der Waals surface area contributed by atoms with E-state index in [1.165, 1.54) is 24.8 Å². The summed E-state index contributed by atoms with van der Waals surface area (Å²) < 4.78 is 11.1. The Morgan fingerprint density at radius 3 is 2.94 bits per heavy atom. The van der Waals surface area contributed by atoms with Crippen molar-refractivity contribution in [1.82, 2.24) is 0 Å². The van der Waals surface area contributed by atoms with Gasteiger partial charge in [0.15, 0.2) is 0 Å². The van der Waals surface area contributed by atoms with Crippen LogP contribution in [0.3, 0.4) is 0 Å². The van der Waals surface area contributed by atoms with E-state index >= 15 is 0 Å². The predicted molar refractivity (Wildman–Crippen MR) is 58.9 cm³/mol. The third-order valence-electron chi connectivity index (χ3n) is 4.04. The van der Waals surface area contributed by atoms with Crippen molar-refractivity contribution in [2.75, 3.05) is 13.2 Å². The molecule has 2 heterocycles. The second-order valence-electron chi connectivity index (χ2n) is 5.00. The van der Waals surface area contributed by atoms with Crippen LogP contribution in [0.15, 0.2) is 11.1 Å². The zero-order valence-electron chi connectivity index (χ0n) is 9.54. The van der Waals surface area contributed by atoms with Gasteiger partial charge in [-0.3, -0.25) is 0 Å². The molecule has 1 aliphatic carbocycles. The SMILES string of the molecule is O=C1OCC2=C1C1CCCCCC1OCC2. The van der Waals surface area contributed by atoms with Crippen LogP contribution < -0.4 is 0 Å². The van der Waals surface area contributed by atoms with Gasteiger partial charge in [-0.25, -0.2) is 4.79 Å². The number of hydrogen-bond acceptors (Lipinski definition) is 3. The quantitative estimate of drug-likeness (QED) is 0.589. The Kier molecular flexibility index (Phi) is 2.72. The van der Waals surface area contributed by atoms with Gasteiger partial charge < -0.3 is 9.47 Å². The van der Waals surface area contributed by atoms with Crippen molar-refractivity contribution in [1.29, 1.82) is 0 Å². The minimum Gasteiger partial charge on any atom is -0.458 e. The second kappa shape index (κ2) is 4.21. The first-order chi connectivity index (χ1) is 7.86. The Labute approximate surface area is 95.8 Å². The van der Waals surface area contributed by atoms with E-state index in [-0.39, 0.29) is 12.1 Å². The van der Waals surface area contributed by atoms with Crippen LogP contribution in [-0.4, -0.2) is 25.3 Å². The summed E-state index contributed by atoms with van der Waals surface area (Å²) in [4.78, 5) is 11.8. The fourth-order valence-corrected chi connectivity index (χ4v) is 3.21. The molecular weight excluding hydrogens is 204 g/mol. The summed E-state index contributed by atoms with van der Waals surface area (Å²) >= 11 is 0. The van der Waals surface area contributed by atoms with Crippen molar-refractivity contribution in [3.63, 3.8) is 0 Å². The summed E-state index contributed by atoms with van der Waals surface area (Å²) in [7, 11) is 0. The van der Waals surface area contributed by atoms with Gasteiger partial charge in [0.25, 0.3) is 0 Å². The lowest BCUT2D eigenvalue weighted by Crippen LogP contribution is -2.26. The van der Waals surface area contributed by atoms with Crippen molar-refractivity contribution in [2.45, 2.75) is 44.6 Å². The molecule has 0 amide bonds. The summed E-state index contributed by atoms with van der Waals surface area (Å²) in [5.74, 6) is 0.243. The molecule has 0 aromatic rings. The maximum absolute atomic E-state index is 11.8. The van der Waals surface area contributed by atoms with E-state index in [1.807, 2.05) is 0 Å². The van der Waals surface area contributed by atoms with Crippen LogP contribution >= 0.6 is 0 Å². The van der Waals surface area contributed by atoms with Crippen molar-refractivity contribution in [3.05, 3.63) is 11.1 Å². The second-order valence-corrected chi connectivity index (χ2v) is 5.00. The van der Waals surface area contributed by atoms with Crippen LogP contribution in [0.1, 0.15) is 38.5 Å². The number of esters is 1. The van der Waals surface area contributed by atoms with Gasteiger partial charge in [0.05, 0.1) is 12.7 Å². The first-order valence-electron chi connectivity index (χ1n) is 6.37. The van der Waals surface area contributed by atoms with E-state index in [1.54, 1.807) is 0 Å². The summed E-state index contributed by atoms with van der Waals surface area (Å²) in [6, 6.07) is 0. The van der Waals surface area contributed by atoms with Crippen molar-refractivity contribution in [2.24, 2.45) is 5.92 Å².